The van der Waals surface area contributed by atoms with E-state index in [1.807, 2.05) is 34.6 Å². The second-order valence-electron chi connectivity index (χ2n) is 8.27. The third-order valence-corrected chi connectivity index (χ3v) is 5.29. The second-order valence-corrected chi connectivity index (χ2v) is 8.27. The molecular formula is C18H28O5. The van der Waals surface area contributed by atoms with Crippen molar-refractivity contribution in [2.75, 3.05) is 13.2 Å². The van der Waals surface area contributed by atoms with Crippen LogP contribution in [0.2, 0.25) is 0 Å². The third kappa shape index (κ3) is 3.43. The lowest BCUT2D eigenvalue weighted by Gasteiger charge is -2.43. The molecule has 0 bridgehead atoms. The molecule has 0 unspecified atom stereocenters. The molecule has 0 aromatic heterocycles. The first-order valence-corrected chi connectivity index (χ1v) is 8.45. The van der Waals surface area contributed by atoms with E-state index in [1.54, 1.807) is 0 Å². The average Bonchev–Trinajstić information content (AvgIpc) is 2.84. The van der Waals surface area contributed by atoms with Gasteiger partial charge in [-0.3, -0.25) is 14.4 Å². The molecule has 1 heterocycles. The fraction of sp³-hybridized carbons (Fsp3) is 0.833. The maximum absolute atomic E-state index is 12.8. The predicted octanol–water partition coefficient (Wildman–Crippen LogP) is 2.76. The summed E-state index contributed by atoms with van der Waals surface area (Å²) in [5.41, 5.74) is -1.26. The van der Waals surface area contributed by atoms with Crippen LogP contribution in [-0.2, 0) is 23.9 Å². The van der Waals surface area contributed by atoms with Gasteiger partial charge >= 0.3 is 11.9 Å². The van der Waals surface area contributed by atoms with E-state index in [0.29, 0.717) is 0 Å². The van der Waals surface area contributed by atoms with E-state index in [2.05, 4.69) is 0 Å². The first-order valence-electron chi connectivity index (χ1n) is 8.45. The highest BCUT2D eigenvalue weighted by Gasteiger charge is 2.56. The van der Waals surface area contributed by atoms with Crippen LogP contribution in [0.15, 0.2) is 0 Å². The zero-order valence-electron chi connectivity index (χ0n) is 14.8. The summed E-state index contributed by atoms with van der Waals surface area (Å²) < 4.78 is 10.6. The smallest absolute Gasteiger partial charge is 0.311 e. The number of ketones is 1. The minimum absolute atomic E-state index is 0.0189. The summed E-state index contributed by atoms with van der Waals surface area (Å²) in [4.78, 5) is 36.4. The Morgan fingerprint density at radius 3 is 2.52 bits per heavy atom. The number of cyclic esters (lactones) is 1. The van der Waals surface area contributed by atoms with Crippen molar-refractivity contribution in [2.45, 2.75) is 53.9 Å². The van der Waals surface area contributed by atoms with Crippen LogP contribution in [0.25, 0.3) is 0 Å². The molecule has 1 spiro atoms. The monoisotopic (exact) mass is 324 g/mol. The van der Waals surface area contributed by atoms with Crippen molar-refractivity contribution >= 4 is 17.7 Å². The van der Waals surface area contributed by atoms with Gasteiger partial charge in [-0.15, -0.1) is 0 Å². The highest BCUT2D eigenvalue weighted by Crippen LogP contribution is 2.50. The Morgan fingerprint density at radius 1 is 1.35 bits per heavy atom. The molecule has 1 aliphatic heterocycles. The molecule has 0 N–H and O–H groups in total. The topological polar surface area (TPSA) is 69.7 Å². The summed E-state index contributed by atoms with van der Waals surface area (Å²) in [6.45, 7) is 9.82. The van der Waals surface area contributed by atoms with Gasteiger partial charge in [0.25, 0.3) is 0 Å². The van der Waals surface area contributed by atoms with E-state index in [4.69, 9.17) is 9.47 Å². The van der Waals surface area contributed by atoms with E-state index in [1.165, 1.54) is 0 Å². The van der Waals surface area contributed by atoms with Crippen molar-refractivity contribution in [1.29, 1.82) is 0 Å². The molecule has 0 radical (unpaired) electrons. The normalized spacial score (nSPS) is 32.7. The van der Waals surface area contributed by atoms with Crippen LogP contribution >= 0.6 is 0 Å². The first kappa shape index (κ1) is 18.0. The Hall–Kier alpha value is -1.39. The molecule has 130 valence electrons. The van der Waals surface area contributed by atoms with Crippen LogP contribution in [0.3, 0.4) is 0 Å². The van der Waals surface area contributed by atoms with Gasteiger partial charge in [-0.2, -0.15) is 0 Å². The van der Waals surface area contributed by atoms with E-state index < -0.39 is 10.8 Å². The average molecular weight is 324 g/mol. The Balaban J connectivity index is 2.11. The van der Waals surface area contributed by atoms with Crippen LogP contribution < -0.4 is 0 Å². The minimum Gasteiger partial charge on any atom is -0.465 e. The Labute approximate surface area is 138 Å². The molecule has 4 atom stereocenters. The zero-order valence-corrected chi connectivity index (χ0v) is 14.8. The van der Waals surface area contributed by atoms with Gasteiger partial charge in [-0.05, 0) is 45.4 Å². The molecule has 1 aliphatic carbocycles. The van der Waals surface area contributed by atoms with Crippen LogP contribution in [0, 0.1) is 28.6 Å². The second kappa shape index (κ2) is 6.25. The van der Waals surface area contributed by atoms with Gasteiger partial charge in [-0.1, -0.05) is 13.8 Å². The highest BCUT2D eigenvalue weighted by molar-refractivity contribution is 5.93. The summed E-state index contributed by atoms with van der Waals surface area (Å²) in [5.74, 6) is -0.402. The van der Waals surface area contributed by atoms with E-state index >= 15 is 0 Å². The first-order chi connectivity index (χ1) is 10.6. The van der Waals surface area contributed by atoms with Crippen LogP contribution in [0.4, 0.5) is 0 Å². The van der Waals surface area contributed by atoms with Gasteiger partial charge in [0.15, 0.2) is 0 Å². The van der Waals surface area contributed by atoms with Crippen molar-refractivity contribution in [3.8, 4) is 0 Å². The molecule has 0 aromatic carbocycles. The van der Waals surface area contributed by atoms with Crippen molar-refractivity contribution in [3.05, 3.63) is 0 Å². The van der Waals surface area contributed by atoms with Gasteiger partial charge in [0.05, 0.1) is 23.9 Å². The van der Waals surface area contributed by atoms with Crippen molar-refractivity contribution in [2.24, 2.45) is 28.6 Å². The number of hydrogen-bond acceptors (Lipinski definition) is 5. The quantitative estimate of drug-likeness (QED) is 0.747. The van der Waals surface area contributed by atoms with Crippen molar-refractivity contribution in [3.63, 3.8) is 0 Å². The van der Waals surface area contributed by atoms with E-state index in [-0.39, 0.29) is 55.1 Å². The highest BCUT2D eigenvalue weighted by atomic mass is 16.5. The SMILES string of the molecule is C[C@H](COC(=O)C(C)(C)C)[C@H]1CC[C@H](C)C(=O)[C@]12COC(=O)C2. The summed E-state index contributed by atoms with van der Waals surface area (Å²) in [5, 5.41) is 0. The molecule has 23 heavy (non-hydrogen) atoms. The standard InChI is InChI=1S/C18H28O5/c1-11-6-7-13(12(2)9-22-16(21)17(3,4)5)18(15(11)20)8-14(19)23-10-18/h11-13H,6-10H2,1-5H3/t11-,12+,13+,18+/m0/s1. The minimum atomic E-state index is -0.720. The van der Waals surface area contributed by atoms with Crippen LogP contribution in [-0.4, -0.2) is 30.9 Å². The summed E-state index contributed by atoms with van der Waals surface area (Å²) >= 11 is 0. The Bertz CT molecular complexity index is 504. The predicted molar refractivity (Wildman–Crippen MR) is 84.5 cm³/mol. The number of esters is 2. The van der Waals surface area contributed by atoms with Gasteiger partial charge in [0, 0.05) is 5.92 Å². The fourth-order valence-corrected chi connectivity index (χ4v) is 3.84. The molecule has 0 amide bonds. The third-order valence-electron chi connectivity index (χ3n) is 5.29. The number of ether oxygens (including phenoxy) is 2. The summed E-state index contributed by atoms with van der Waals surface area (Å²) in [6.07, 6.45) is 1.84. The summed E-state index contributed by atoms with van der Waals surface area (Å²) in [6, 6.07) is 0. The molecule has 1 saturated heterocycles. The molecule has 2 rings (SSSR count). The summed E-state index contributed by atoms with van der Waals surface area (Å²) in [7, 11) is 0. The largest absolute Gasteiger partial charge is 0.465 e. The number of hydrogen-bond donors (Lipinski definition) is 0. The number of rotatable bonds is 3. The van der Waals surface area contributed by atoms with Gasteiger partial charge in [-0.25, -0.2) is 0 Å². The number of carbonyl (C=O) groups is 3. The Morgan fingerprint density at radius 2 is 2.00 bits per heavy atom. The van der Waals surface area contributed by atoms with Crippen molar-refractivity contribution in [1.82, 2.24) is 0 Å². The van der Waals surface area contributed by atoms with Gasteiger partial charge < -0.3 is 9.47 Å². The maximum Gasteiger partial charge on any atom is 0.311 e. The maximum atomic E-state index is 12.8. The molecule has 5 nitrogen and oxygen atoms in total. The fourth-order valence-electron chi connectivity index (χ4n) is 3.84. The molecule has 2 fully saturated rings. The molecule has 5 heteroatoms. The Kier molecular flexibility index (Phi) is 4.88. The van der Waals surface area contributed by atoms with Crippen LogP contribution in [0.5, 0.6) is 0 Å². The lowest BCUT2D eigenvalue weighted by atomic mass is 9.58. The molecule has 0 aromatic rings. The lowest BCUT2D eigenvalue weighted by molar-refractivity contribution is -0.156. The van der Waals surface area contributed by atoms with E-state index in [9.17, 15) is 14.4 Å². The molecule has 1 saturated carbocycles. The van der Waals surface area contributed by atoms with Gasteiger partial charge in [0.1, 0.15) is 12.4 Å². The molecule has 2 aliphatic rings. The zero-order chi connectivity index (χ0) is 17.4. The lowest BCUT2D eigenvalue weighted by Crippen LogP contribution is -2.49. The van der Waals surface area contributed by atoms with Crippen LogP contribution in [0.1, 0.15) is 53.9 Å². The molecular weight excluding hydrogens is 296 g/mol. The van der Waals surface area contributed by atoms with E-state index in [0.717, 1.165) is 12.8 Å². The van der Waals surface area contributed by atoms with Gasteiger partial charge in [0.2, 0.25) is 0 Å². The number of Topliss-reactive ketones (excluding diaryl/α,β-unsaturated/α-hetero) is 1. The number of carbonyl (C=O) groups excluding carboxylic acids is 3. The van der Waals surface area contributed by atoms with Crippen molar-refractivity contribution < 1.29 is 23.9 Å².